The van der Waals surface area contributed by atoms with Crippen molar-refractivity contribution in [2.24, 2.45) is 0 Å². The number of pyridine rings is 1. The monoisotopic (exact) mass is 390 g/mol. The van der Waals surface area contributed by atoms with Crippen molar-refractivity contribution >= 4 is 10.9 Å². The molecule has 8 heteroatoms. The maximum atomic E-state index is 13.9. The van der Waals surface area contributed by atoms with Crippen molar-refractivity contribution in [3.63, 3.8) is 0 Å². The van der Waals surface area contributed by atoms with Crippen molar-refractivity contribution < 1.29 is 22.0 Å². The van der Waals surface area contributed by atoms with Crippen LogP contribution in [0.3, 0.4) is 0 Å². The van der Waals surface area contributed by atoms with E-state index in [1.54, 1.807) is 6.07 Å². The highest BCUT2D eigenvalue weighted by Gasteiger charge is 2.47. The van der Waals surface area contributed by atoms with E-state index in [4.69, 9.17) is 0 Å². The summed E-state index contributed by atoms with van der Waals surface area (Å²) >= 11 is 0. The van der Waals surface area contributed by atoms with E-state index < -0.39 is 34.3 Å². The summed E-state index contributed by atoms with van der Waals surface area (Å²) in [5.41, 5.74) is -2.00. The molecule has 1 heterocycles. The molecule has 3 aromatic rings. The number of hydrogen-bond acceptors (Lipinski definition) is 2. The first-order valence-corrected chi connectivity index (χ1v) is 8.30. The van der Waals surface area contributed by atoms with E-state index in [1.807, 2.05) is 0 Å². The van der Waals surface area contributed by atoms with Crippen LogP contribution in [0.2, 0.25) is 0 Å². The zero-order valence-electron chi connectivity index (χ0n) is 14.1. The Bertz CT molecular complexity index is 1200. The van der Waals surface area contributed by atoms with Crippen LogP contribution in [0.5, 0.6) is 0 Å². The predicted molar refractivity (Wildman–Crippen MR) is 90.6 cm³/mol. The zero-order chi connectivity index (χ0) is 20.3. The molecule has 1 aromatic heterocycles. The van der Waals surface area contributed by atoms with Crippen molar-refractivity contribution in [1.29, 1.82) is 5.26 Å². The molecule has 0 atom stereocenters. The molecule has 0 amide bonds. The molecule has 0 spiro atoms. The lowest BCUT2D eigenvalue weighted by atomic mass is 10.0. The molecule has 0 saturated heterocycles. The van der Waals surface area contributed by atoms with Gasteiger partial charge in [0, 0.05) is 12.3 Å². The molecule has 0 radical (unpaired) electrons. The lowest BCUT2D eigenvalue weighted by Gasteiger charge is -2.23. The molecule has 1 fully saturated rings. The average molecular weight is 390 g/mol. The summed E-state index contributed by atoms with van der Waals surface area (Å²) in [6, 6.07) is 7.91. The van der Waals surface area contributed by atoms with E-state index in [1.165, 1.54) is 22.9 Å². The molecule has 1 aliphatic rings. The quantitative estimate of drug-likeness (QED) is 0.595. The Hall–Kier alpha value is -3.21. The van der Waals surface area contributed by atoms with Gasteiger partial charge in [-0.05, 0) is 36.6 Å². The fourth-order valence-electron chi connectivity index (χ4n) is 3.51. The van der Waals surface area contributed by atoms with E-state index in [-0.39, 0.29) is 16.5 Å². The van der Waals surface area contributed by atoms with E-state index in [0.29, 0.717) is 18.4 Å². The van der Waals surface area contributed by atoms with Crippen molar-refractivity contribution in [2.45, 2.75) is 24.6 Å². The lowest BCUT2D eigenvalue weighted by Crippen LogP contribution is -2.24. The van der Waals surface area contributed by atoms with Gasteiger partial charge in [0.15, 0.2) is 11.6 Å². The summed E-state index contributed by atoms with van der Waals surface area (Å²) in [5, 5.41) is 9.10. The Labute approximate surface area is 155 Å². The largest absolute Gasteiger partial charge is 0.416 e. The number of benzene rings is 2. The van der Waals surface area contributed by atoms with Crippen LogP contribution in [0.25, 0.3) is 10.9 Å². The fourth-order valence-corrected chi connectivity index (χ4v) is 3.51. The Kier molecular flexibility index (Phi) is 3.82. The number of rotatable bonds is 2. The third-order valence-corrected chi connectivity index (χ3v) is 5.10. The number of alkyl halides is 3. The minimum Gasteiger partial charge on any atom is -0.336 e. The molecule has 2 aromatic carbocycles. The highest BCUT2D eigenvalue weighted by molar-refractivity contribution is 5.81. The van der Waals surface area contributed by atoms with Gasteiger partial charge in [0.05, 0.1) is 22.0 Å². The molecule has 28 heavy (non-hydrogen) atoms. The van der Waals surface area contributed by atoms with Crippen molar-refractivity contribution in [2.75, 3.05) is 0 Å². The van der Waals surface area contributed by atoms with E-state index in [9.17, 15) is 32.0 Å². The Morgan fingerprint density at radius 2 is 1.64 bits per heavy atom. The van der Waals surface area contributed by atoms with E-state index in [0.717, 1.165) is 24.3 Å². The highest BCUT2D eigenvalue weighted by atomic mass is 19.4. The van der Waals surface area contributed by atoms with Crippen LogP contribution in [0.15, 0.2) is 47.4 Å². The van der Waals surface area contributed by atoms with Crippen LogP contribution < -0.4 is 5.43 Å². The van der Waals surface area contributed by atoms with Gasteiger partial charge in [-0.2, -0.15) is 18.4 Å². The molecule has 0 N–H and O–H groups in total. The second-order valence-corrected chi connectivity index (χ2v) is 6.74. The number of aromatic nitrogens is 1. The van der Waals surface area contributed by atoms with Crippen LogP contribution in [0.1, 0.15) is 29.5 Å². The van der Waals surface area contributed by atoms with Crippen LogP contribution in [0.4, 0.5) is 22.0 Å². The minimum absolute atomic E-state index is 0.0836. The summed E-state index contributed by atoms with van der Waals surface area (Å²) in [4.78, 5) is 12.4. The topological polar surface area (TPSA) is 45.8 Å². The minimum atomic E-state index is -4.48. The van der Waals surface area contributed by atoms with Gasteiger partial charge in [0.2, 0.25) is 5.43 Å². The maximum Gasteiger partial charge on any atom is 0.416 e. The summed E-state index contributed by atoms with van der Waals surface area (Å²) in [7, 11) is 0. The lowest BCUT2D eigenvalue weighted by molar-refractivity contribution is -0.137. The van der Waals surface area contributed by atoms with Crippen molar-refractivity contribution in [3.05, 3.63) is 81.1 Å². The molecular weight excluding hydrogens is 379 g/mol. The number of fused-ring (bicyclic) bond motifs is 1. The smallest absolute Gasteiger partial charge is 0.336 e. The third kappa shape index (κ3) is 2.66. The second kappa shape index (κ2) is 5.89. The third-order valence-electron chi connectivity index (χ3n) is 5.10. The van der Waals surface area contributed by atoms with Crippen LogP contribution in [-0.2, 0) is 11.7 Å². The van der Waals surface area contributed by atoms with Crippen LogP contribution in [-0.4, -0.2) is 4.57 Å². The summed E-state index contributed by atoms with van der Waals surface area (Å²) in [6.45, 7) is 0. The molecule has 0 bridgehead atoms. The molecule has 0 aliphatic heterocycles. The number of nitrogens with zero attached hydrogens (tertiary/aromatic N) is 2. The highest BCUT2D eigenvalue weighted by Crippen LogP contribution is 2.51. The summed E-state index contributed by atoms with van der Waals surface area (Å²) in [5.74, 6) is -2.38. The maximum absolute atomic E-state index is 13.9. The number of hydrogen-bond donors (Lipinski definition) is 0. The molecular formula is C20H11F5N2O. The molecule has 3 nitrogen and oxygen atoms in total. The predicted octanol–water partition coefficient (Wildman–Crippen LogP) is 4.71. The average Bonchev–Trinajstić information content (AvgIpc) is 3.45. The van der Waals surface area contributed by atoms with Gasteiger partial charge in [-0.3, -0.25) is 4.79 Å². The first-order valence-electron chi connectivity index (χ1n) is 8.30. The molecule has 1 aliphatic carbocycles. The van der Waals surface area contributed by atoms with Crippen molar-refractivity contribution in [1.82, 2.24) is 4.57 Å². The standard InChI is InChI=1S/C20H11F5N2O/c21-15-7-14-17(8-16(15)22)27(10-11(9-26)18(14)28)19(5-6-19)12-1-3-13(4-2-12)20(23,24)25/h1-4,7-8,10H,5-6H2. The van der Waals surface area contributed by atoms with Gasteiger partial charge < -0.3 is 4.57 Å². The first kappa shape index (κ1) is 18.2. The number of halogens is 5. The molecule has 4 rings (SSSR count). The summed E-state index contributed by atoms with van der Waals surface area (Å²) < 4.78 is 67.5. The van der Waals surface area contributed by atoms with Crippen LogP contribution >= 0.6 is 0 Å². The van der Waals surface area contributed by atoms with Gasteiger partial charge in [-0.15, -0.1) is 0 Å². The van der Waals surface area contributed by atoms with Gasteiger partial charge in [0.25, 0.3) is 0 Å². The Morgan fingerprint density at radius 1 is 1.04 bits per heavy atom. The number of nitriles is 1. The summed E-state index contributed by atoms with van der Waals surface area (Å²) in [6.07, 6.45) is -2.19. The van der Waals surface area contributed by atoms with Gasteiger partial charge in [0.1, 0.15) is 11.6 Å². The zero-order valence-corrected chi connectivity index (χ0v) is 14.1. The Morgan fingerprint density at radius 3 is 2.18 bits per heavy atom. The van der Waals surface area contributed by atoms with Gasteiger partial charge in [-0.1, -0.05) is 12.1 Å². The van der Waals surface area contributed by atoms with Gasteiger partial charge >= 0.3 is 6.18 Å². The van der Waals surface area contributed by atoms with Gasteiger partial charge in [-0.25, -0.2) is 8.78 Å². The first-order chi connectivity index (χ1) is 13.2. The van der Waals surface area contributed by atoms with E-state index in [2.05, 4.69) is 0 Å². The van der Waals surface area contributed by atoms with Crippen molar-refractivity contribution in [3.8, 4) is 6.07 Å². The Balaban J connectivity index is 1.96. The molecule has 1 saturated carbocycles. The normalized spacial score (nSPS) is 15.4. The van der Waals surface area contributed by atoms with Crippen LogP contribution in [0, 0.1) is 23.0 Å². The molecule has 142 valence electrons. The van der Waals surface area contributed by atoms with E-state index >= 15 is 0 Å². The fraction of sp³-hybridized carbons (Fsp3) is 0.200. The second-order valence-electron chi connectivity index (χ2n) is 6.74. The molecule has 0 unspecified atom stereocenters. The SMILES string of the molecule is N#Cc1cn(C2(c3ccc(C(F)(F)F)cc3)CC2)c2cc(F)c(F)cc2c1=O.